The molecular formula is C15H20N2. The van der Waals surface area contributed by atoms with E-state index in [-0.39, 0.29) is 0 Å². The lowest BCUT2D eigenvalue weighted by Crippen LogP contribution is -2.01. The van der Waals surface area contributed by atoms with Crippen LogP contribution in [-0.2, 0) is 0 Å². The predicted molar refractivity (Wildman–Crippen MR) is 76.2 cm³/mol. The lowest BCUT2D eigenvalue weighted by Gasteiger charge is -2.06. The Morgan fingerprint density at radius 1 is 1.29 bits per heavy atom. The van der Waals surface area contributed by atoms with Gasteiger partial charge in [-0.2, -0.15) is 0 Å². The number of benzene rings is 1. The van der Waals surface area contributed by atoms with Gasteiger partial charge in [-0.1, -0.05) is 31.2 Å². The van der Waals surface area contributed by atoms with E-state index in [4.69, 9.17) is 0 Å². The minimum atomic E-state index is 0.927. The van der Waals surface area contributed by atoms with Crippen LogP contribution in [-0.4, -0.2) is 18.5 Å². The van der Waals surface area contributed by atoms with Crippen molar-refractivity contribution in [3.05, 3.63) is 47.7 Å². The highest BCUT2D eigenvalue weighted by Gasteiger charge is 2.03. The van der Waals surface area contributed by atoms with Crippen LogP contribution >= 0.6 is 0 Å². The second-order valence-corrected chi connectivity index (χ2v) is 3.80. The zero-order chi connectivity index (χ0) is 12.7. The quantitative estimate of drug-likeness (QED) is 0.699. The first-order chi connectivity index (χ1) is 8.22. The molecule has 0 heterocycles. The number of hydrogen-bond acceptors (Lipinski definition) is 2. The number of allylic oxidation sites excluding steroid dienone is 1. The molecule has 0 radical (unpaired) electrons. The van der Waals surface area contributed by atoms with Crippen LogP contribution in [0.2, 0.25) is 0 Å². The molecule has 1 rings (SSSR count). The van der Waals surface area contributed by atoms with E-state index >= 15 is 0 Å². The molecule has 90 valence electrons. The van der Waals surface area contributed by atoms with Gasteiger partial charge in [0.05, 0.1) is 0 Å². The first-order valence-corrected chi connectivity index (χ1v) is 5.95. The molecule has 0 fully saturated rings. The van der Waals surface area contributed by atoms with E-state index < -0.39 is 0 Å². The lowest BCUT2D eigenvalue weighted by molar-refractivity contribution is 1.26. The van der Waals surface area contributed by atoms with Crippen LogP contribution < -0.4 is 0 Å². The second kappa shape index (κ2) is 6.79. The summed E-state index contributed by atoms with van der Waals surface area (Å²) >= 11 is 0. The highest BCUT2D eigenvalue weighted by atomic mass is 14.7. The van der Waals surface area contributed by atoms with Gasteiger partial charge in [0.1, 0.15) is 0 Å². The van der Waals surface area contributed by atoms with Crippen LogP contribution in [0.15, 0.2) is 46.5 Å². The Morgan fingerprint density at radius 2 is 2.00 bits per heavy atom. The van der Waals surface area contributed by atoms with Crippen LogP contribution in [0.3, 0.4) is 0 Å². The van der Waals surface area contributed by atoms with Crippen LogP contribution in [0.5, 0.6) is 0 Å². The summed E-state index contributed by atoms with van der Waals surface area (Å²) in [6.45, 7) is 6.12. The maximum atomic E-state index is 4.45. The van der Waals surface area contributed by atoms with Gasteiger partial charge in [0, 0.05) is 24.7 Å². The maximum Gasteiger partial charge on any atom is 0.0473 e. The summed E-state index contributed by atoms with van der Waals surface area (Å²) in [5.41, 5.74) is 4.49. The Bertz CT molecular complexity index is 454. The molecule has 0 aliphatic heterocycles. The molecule has 0 saturated carbocycles. The molecule has 0 bridgehead atoms. The van der Waals surface area contributed by atoms with Gasteiger partial charge in [0.25, 0.3) is 0 Å². The van der Waals surface area contributed by atoms with Crippen molar-refractivity contribution in [2.24, 2.45) is 9.98 Å². The summed E-state index contributed by atoms with van der Waals surface area (Å²) in [5.74, 6) is 0. The molecule has 0 N–H and O–H groups in total. The molecule has 2 nitrogen and oxygen atoms in total. The van der Waals surface area contributed by atoms with Gasteiger partial charge in [-0.25, -0.2) is 0 Å². The van der Waals surface area contributed by atoms with Crippen molar-refractivity contribution in [3.63, 3.8) is 0 Å². The first kappa shape index (κ1) is 13.4. The predicted octanol–water partition coefficient (Wildman–Crippen LogP) is 3.86. The molecule has 17 heavy (non-hydrogen) atoms. The Hall–Kier alpha value is -1.70. The van der Waals surface area contributed by atoms with Gasteiger partial charge in [-0.05, 0) is 37.5 Å². The summed E-state index contributed by atoms with van der Waals surface area (Å²) in [4.78, 5) is 8.66. The zero-order valence-electron chi connectivity index (χ0n) is 11.1. The minimum Gasteiger partial charge on any atom is -0.293 e. The van der Waals surface area contributed by atoms with Gasteiger partial charge < -0.3 is 0 Å². The highest BCUT2D eigenvalue weighted by Crippen LogP contribution is 2.10. The van der Waals surface area contributed by atoms with E-state index in [1.54, 1.807) is 0 Å². The Balaban J connectivity index is 3.14. The standard InChI is InChI=1S/C15H20N2/c1-5-10-17-15(6-2)14-9-7-8-13(11-14)12(3)16-4/h5,7-11H,6H2,1-4H3/b10-5-,16-12?,17-15?. The molecule has 0 atom stereocenters. The Labute approximate surface area is 104 Å². The molecule has 0 aliphatic rings. The molecule has 1 aromatic rings. The van der Waals surface area contributed by atoms with E-state index in [1.165, 1.54) is 5.56 Å². The van der Waals surface area contributed by atoms with Crippen molar-refractivity contribution >= 4 is 11.4 Å². The SMILES string of the molecule is C/C=C\N=C(CC)c1cccc(C(C)=NC)c1. The van der Waals surface area contributed by atoms with Crippen molar-refractivity contribution in [1.82, 2.24) is 0 Å². The number of aliphatic imine (C=N–C) groups is 2. The smallest absolute Gasteiger partial charge is 0.0473 e. The van der Waals surface area contributed by atoms with Crippen molar-refractivity contribution in [2.45, 2.75) is 27.2 Å². The first-order valence-electron chi connectivity index (χ1n) is 5.95. The van der Waals surface area contributed by atoms with Crippen molar-refractivity contribution in [1.29, 1.82) is 0 Å². The summed E-state index contributed by atoms with van der Waals surface area (Å²) in [5, 5.41) is 0. The largest absolute Gasteiger partial charge is 0.293 e. The highest BCUT2D eigenvalue weighted by molar-refractivity contribution is 6.04. The summed E-state index contributed by atoms with van der Waals surface area (Å²) in [6.07, 6.45) is 4.71. The van der Waals surface area contributed by atoms with E-state index in [0.717, 1.165) is 23.4 Å². The fraction of sp³-hybridized carbons (Fsp3) is 0.333. The van der Waals surface area contributed by atoms with Crippen LogP contribution in [0.25, 0.3) is 0 Å². The fourth-order valence-corrected chi connectivity index (χ4v) is 1.59. The monoisotopic (exact) mass is 228 g/mol. The molecule has 2 heteroatoms. The van der Waals surface area contributed by atoms with E-state index in [1.807, 2.05) is 33.2 Å². The fourth-order valence-electron chi connectivity index (χ4n) is 1.59. The van der Waals surface area contributed by atoms with Gasteiger partial charge in [0.15, 0.2) is 0 Å². The second-order valence-electron chi connectivity index (χ2n) is 3.80. The van der Waals surface area contributed by atoms with E-state index in [2.05, 4.69) is 41.2 Å². The Morgan fingerprint density at radius 3 is 2.59 bits per heavy atom. The maximum absolute atomic E-state index is 4.45. The molecular weight excluding hydrogens is 208 g/mol. The van der Waals surface area contributed by atoms with Crippen LogP contribution in [0.4, 0.5) is 0 Å². The molecule has 0 spiro atoms. The van der Waals surface area contributed by atoms with E-state index in [0.29, 0.717) is 0 Å². The molecule has 0 unspecified atom stereocenters. The number of nitrogens with zero attached hydrogens (tertiary/aromatic N) is 2. The summed E-state index contributed by atoms with van der Waals surface area (Å²) in [6, 6.07) is 8.38. The van der Waals surface area contributed by atoms with Gasteiger partial charge >= 0.3 is 0 Å². The average Bonchev–Trinajstić information content (AvgIpc) is 2.39. The third kappa shape index (κ3) is 3.66. The Kier molecular flexibility index (Phi) is 5.34. The van der Waals surface area contributed by atoms with Gasteiger partial charge in [-0.15, -0.1) is 0 Å². The number of rotatable bonds is 4. The van der Waals surface area contributed by atoms with Crippen LogP contribution in [0.1, 0.15) is 38.3 Å². The number of hydrogen-bond donors (Lipinski definition) is 0. The van der Waals surface area contributed by atoms with Crippen molar-refractivity contribution in [2.75, 3.05) is 7.05 Å². The summed E-state index contributed by atoms with van der Waals surface area (Å²) < 4.78 is 0. The molecule has 0 amide bonds. The normalized spacial score (nSPS) is 13.4. The van der Waals surface area contributed by atoms with Crippen molar-refractivity contribution in [3.8, 4) is 0 Å². The third-order valence-electron chi connectivity index (χ3n) is 2.66. The summed E-state index contributed by atoms with van der Waals surface area (Å²) in [7, 11) is 1.82. The minimum absolute atomic E-state index is 0.927. The molecule has 0 aromatic heterocycles. The zero-order valence-corrected chi connectivity index (χ0v) is 11.1. The van der Waals surface area contributed by atoms with E-state index in [9.17, 15) is 0 Å². The molecule has 0 aliphatic carbocycles. The molecule has 0 saturated heterocycles. The third-order valence-corrected chi connectivity index (χ3v) is 2.66. The van der Waals surface area contributed by atoms with Gasteiger partial charge in [-0.3, -0.25) is 9.98 Å². The van der Waals surface area contributed by atoms with Crippen molar-refractivity contribution < 1.29 is 0 Å². The van der Waals surface area contributed by atoms with Gasteiger partial charge in [0.2, 0.25) is 0 Å². The lowest BCUT2D eigenvalue weighted by atomic mass is 10.0. The molecule has 1 aromatic carbocycles. The van der Waals surface area contributed by atoms with Crippen LogP contribution in [0, 0.1) is 0 Å². The average molecular weight is 228 g/mol. The topological polar surface area (TPSA) is 24.7 Å².